The molecule has 0 aromatic heterocycles. The van der Waals surface area contributed by atoms with E-state index in [9.17, 15) is 13.6 Å². The van der Waals surface area contributed by atoms with Crippen molar-refractivity contribution in [2.45, 2.75) is 20.3 Å². The Morgan fingerprint density at radius 3 is 2.56 bits per heavy atom. The zero-order chi connectivity index (χ0) is 12.3. The molecule has 0 radical (unpaired) electrons. The van der Waals surface area contributed by atoms with Gasteiger partial charge in [0.05, 0.1) is 17.9 Å². The fraction of sp³-hybridized carbons (Fsp3) is 0.364. The molecule has 0 saturated heterocycles. The smallest absolute Gasteiger partial charge is 0.263 e. The standard InChI is InChI=1S/C11H13F2NO2/c1-3-16-10-8(6(2)15)4-7(11(12)13)5-9(10)14/h4-5,11H,3,14H2,1-2H3. The van der Waals surface area contributed by atoms with Gasteiger partial charge in [-0.15, -0.1) is 0 Å². The number of hydrogen-bond acceptors (Lipinski definition) is 3. The topological polar surface area (TPSA) is 52.3 Å². The summed E-state index contributed by atoms with van der Waals surface area (Å²) in [5, 5.41) is 0. The second kappa shape index (κ2) is 4.92. The van der Waals surface area contributed by atoms with E-state index in [0.29, 0.717) is 6.61 Å². The van der Waals surface area contributed by atoms with Gasteiger partial charge in [-0.3, -0.25) is 4.79 Å². The summed E-state index contributed by atoms with van der Waals surface area (Å²) in [5.74, 6) is -0.169. The van der Waals surface area contributed by atoms with Gasteiger partial charge in [-0.2, -0.15) is 0 Å². The Balaban J connectivity index is 3.33. The maximum atomic E-state index is 12.5. The molecule has 0 fully saturated rings. The molecule has 0 heterocycles. The molecule has 0 atom stereocenters. The summed E-state index contributed by atoms with van der Waals surface area (Å²) in [4.78, 5) is 11.3. The highest BCUT2D eigenvalue weighted by atomic mass is 19.3. The van der Waals surface area contributed by atoms with Crippen molar-refractivity contribution < 1.29 is 18.3 Å². The molecule has 1 rings (SSSR count). The van der Waals surface area contributed by atoms with E-state index in [-0.39, 0.29) is 28.3 Å². The number of carbonyl (C=O) groups excluding carboxylic acids is 1. The van der Waals surface area contributed by atoms with Crippen LogP contribution in [0.5, 0.6) is 5.75 Å². The number of Topliss-reactive ketones (excluding diaryl/α,β-unsaturated/α-hetero) is 1. The second-order valence-electron chi connectivity index (χ2n) is 3.28. The van der Waals surface area contributed by atoms with E-state index in [1.807, 2.05) is 0 Å². The van der Waals surface area contributed by atoms with Crippen molar-refractivity contribution in [3.63, 3.8) is 0 Å². The Kier molecular flexibility index (Phi) is 3.82. The zero-order valence-corrected chi connectivity index (χ0v) is 9.09. The van der Waals surface area contributed by atoms with Gasteiger partial charge in [0.15, 0.2) is 11.5 Å². The molecule has 88 valence electrons. The van der Waals surface area contributed by atoms with E-state index in [2.05, 4.69) is 0 Å². The molecule has 0 aliphatic carbocycles. The first-order valence-corrected chi connectivity index (χ1v) is 4.82. The van der Waals surface area contributed by atoms with Crippen LogP contribution < -0.4 is 10.5 Å². The molecule has 3 nitrogen and oxygen atoms in total. The quantitative estimate of drug-likeness (QED) is 0.638. The molecule has 2 N–H and O–H groups in total. The summed E-state index contributed by atoms with van der Waals surface area (Å²) in [6, 6.07) is 2.25. The first kappa shape index (κ1) is 12.4. The normalized spacial score (nSPS) is 10.6. The molecule has 0 aliphatic heterocycles. The van der Waals surface area contributed by atoms with Gasteiger partial charge in [0.2, 0.25) is 0 Å². The van der Waals surface area contributed by atoms with Gasteiger partial charge in [-0.1, -0.05) is 0 Å². The van der Waals surface area contributed by atoms with Crippen LogP contribution in [-0.2, 0) is 0 Å². The molecule has 0 unspecified atom stereocenters. The fourth-order valence-corrected chi connectivity index (χ4v) is 1.37. The minimum atomic E-state index is -2.66. The molecule has 0 saturated carbocycles. The molecule has 1 aromatic carbocycles. The van der Waals surface area contributed by atoms with Crippen LogP contribution in [0.25, 0.3) is 0 Å². The van der Waals surface area contributed by atoms with Gasteiger partial charge in [0.25, 0.3) is 6.43 Å². The third kappa shape index (κ3) is 2.48. The highest BCUT2D eigenvalue weighted by Crippen LogP contribution is 2.32. The van der Waals surface area contributed by atoms with Crippen LogP contribution in [0.2, 0.25) is 0 Å². The lowest BCUT2D eigenvalue weighted by Crippen LogP contribution is -2.05. The molecule has 0 spiro atoms. The second-order valence-corrected chi connectivity index (χ2v) is 3.28. The first-order valence-electron chi connectivity index (χ1n) is 4.82. The van der Waals surface area contributed by atoms with E-state index in [0.717, 1.165) is 12.1 Å². The van der Waals surface area contributed by atoms with Crippen LogP contribution in [0, 0.1) is 0 Å². The van der Waals surface area contributed by atoms with Crippen molar-refractivity contribution in [1.29, 1.82) is 0 Å². The minimum Gasteiger partial charge on any atom is -0.491 e. The Bertz CT molecular complexity index is 405. The van der Waals surface area contributed by atoms with Crippen molar-refractivity contribution in [3.8, 4) is 5.75 Å². The highest BCUT2D eigenvalue weighted by Gasteiger charge is 2.17. The molecule has 5 heteroatoms. The lowest BCUT2D eigenvalue weighted by atomic mass is 10.1. The van der Waals surface area contributed by atoms with E-state index >= 15 is 0 Å². The molecule has 0 bridgehead atoms. The zero-order valence-electron chi connectivity index (χ0n) is 9.09. The van der Waals surface area contributed by atoms with E-state index < -0.39 is 6.43 Å². The van der Waals surface area contributed by atoms with Crippen molar-refractivity contribution in [2.24, 2.45) is 0 Å². The predicted octanol–water partition coefficient (Wildman–Crippen LogP) is 2.81. The number of alkyl halides is 2. The van der Waals surface area contributed by atoms with Crippen LogP contribution in [0.3, 0.4) is 0 Å². The van der Waals surface area contributed by atoms with Crippen molar-refractivity contribution in [1.82, 2.24) is 0 Å². The molecule has 1 aromatic rings. The summed E-state index contributed by atoms with van der Waals surface area (Å²) < 4.78 is 30.2. The number of benzene rings is 1. The van der Waals surface area contributed by atoms with Crippen LogP contribution in [0.4, 0.5) is 14.5 Å². The monoisotopic (exact) mass is 229 g/mol. The molecular weight excluding hydrogens is 216 g/mol. The maximum absolute atomic E-state index is 12.5. The van der Waals surface area contributed by atoms with Gasteiger partial charge >= 0.3 is 0 Å². The Labute approximate surface area is 92.2 Å². The van der Waals surface area contributed by atoms with Gasteiger partial charge in [0.1, 0.15) is 0 Å². The number of ether oxygens (including phenoxy) is 1. The maximum Gasteiger partial charge on any atom is 0.263 e. The third-order valence-corrected chi connectivity index (χ3v) is 2.06. The van der Waals surface area contributed by atoms with Gasteiger partial charge in [0, 0.05) is 5.56 Å². The summed E-state index contributed by atoms with van der Waals surface area (Å²) in [5.41, 5.74) is 5.46. The van der Waals surface area contributed by atoms with E-state index in [4.69, 9.17) is 10.5 Å². The number of nitrogen functional groups attached to an aromatic ring is 1. The number of anilines is 1. The van der Waals surface area contributed by atoms with E-state index in [1.54, 1.807) is 6.92 Å². The first-order chi connectivity index (χ1) is 7.47. The fourth-order valence-electron chi connectivity index (χ4n) is 1.37. The number of rotatable bonds is 4. The number of carbonyl (C=O) groups is 1. The number of ketones is 1. The summed E-state index contributed by atoms with van der Waals surface area (Å²) in [7, 11) is 0. The molecule has 16 heavy (non-hydrogen) atoms. The lowest BCUT2D eigenvalue weighted by Gasteiger charge is -2.13. The van der Waals surface area contributed by atoms with Crippen LogP contribution in [0.1, 0.15) is 36.2 Å². The number of halogens is 2. The predicted molar refractivity (Wildman–Crippen MR) is 57.0 cm³/mol. The lowest BCUT2D eigenvalue weighted by molar-refractivity contribution is 0.101. The summed E-state index contributed by atoms with van der Waals surface area (Å²) >= 11 is 0. The molecule has 0 aliphatic rings. The Morgan fingerprint density at radius 2 is 2.12 bits per heavy atom. The molecule has 0 amide bonds. The van der Waals surface area contributed by atoms with Crippen LogP contribution >= 0.6 is 0 Å². The number of nitrogens with two attached hydrogens (primary N) is 1. The van der Waals surface area contributed by atoms with Crippen LogP contribution in [0.15, 0.2) is 12.1 Å². The molecular formula is C11H13F2NO2. The number of hydrogen-bond donors (Lipinski definition) is 1. The highest BCUT2D eigenvalue weighted by molar-refractivity contribution is 5.98. The van der Waals surface area contributed by atoms with Gasteiger partial charge in [-0.25, -0.2) is 8.78 Å². The largest absolute Gasteiger partial charge is 0.491 e. The summed E-state index contributed by atoms with van der Waals surface area (Å²) in [6.45, 7) is 3.33. The van der Waals surface area contributed by atoms with Crippen LogP contribution in [-0.4, -0.2) is 12.4 Å². The van der Waals surface area contributed by atoms with E-state index in [1.165, 1.54) is 6.92 Å². The van der Waals surface area contributed by atoms with Gasteiger partial charge in [-0.05, 0) is 26.0 Å². The van der Waals surface area contributed by atoms with Gasteiger partial charge < -0.3 is 10.5 Å². The van der Waals surface area contributed by atoms with Crippen molar-refractivity contribution >= 4 is 11.5 Å². The van der Waals surface area contributed by atoms with Crippen molar-refractivity contribution in [2.75, 3.05) is 12.3 Å². The third-order valence-electron chi connectivity index (χ3n) is 2.06. The minimum absolute atomic E-state index is 0.0600. The average Bonchev–Trinajstić information content (AvgIpc) is 2.20. The Hall–Kier alpha value is -1.65. The SMILES string of the molecule is CCOc1c(N)cc(C(F)F)cc1C(C)=O. The summed E-state index contributed by atoms with van der Waals surface area (Å²) in [6.07, 6.45) is -2.66. The Morgan fingerprint density at radius 1 is 1.50 bits per heavy atom. The van der Waals surface area contributed by atoms with Crippen molar-refractivity contribution in [3.05, 3.63) is 23.3 Å². The average molecular weight is 229 g/mol.